The molecule has 0 heterocycles. The van der Waals surface area contributed by atoms with Crippen LogP contribution in [0.5, 0.6) is 17.2 Å². The lowest BCUT2D eigenvalue weighted by molar-refractivity contribution is 0.303. The van der Waals surface area contributed by atoms with Crippen molar-refractivity contribution in [2.75, 3.05) is 55.1 Å². The molecule has 0 spiro atoms. The average molecular weight is 556 g/mol. The van der Waals surface area contributed by atoms with Crippen LogP contribution >= 0.6 is 24.0 Å². The number of benzene rings is 2. The molecule has 1 atom stereocenters. The number of halogens is 1. The summed E-state index contributed by atoms with van der Waals surface area (Å²) in [6.45, 7) is 4.22. The number of ether oxygens (including phenoxy) is 3. The van der Waals surface area contributed by atoms with E-state index in [2.05, 4.69) is 48.7 Å². The monoisotopic (exact) mass is 556 g/mol. The van der Waals surface area contributed by atoms with Crippen molar-refractivity contribution in [1.82, 2.24) is 15.5 Å². The predicted octanol–water partition coefficient (Wildman–Crippen LogP) is 3.73. The van der Waals surface area contributed by atoms with Crippen LogP contribution < -0.4 is 24.8 Å². The number of likely N-dealkylation sites (N-methyl/N-ethyl adjacent to an activating group) is 1. The van der Waals surface area contributed by atoms with E-state index < -0.39 is 0 Å². The first-order valence-electron chi connectivity index (χ1n) is 10.6. The number of nitrogens with one attached hydrogen (secondary N) is 2. The highest BCUT2D eigenvalue weighted by Crippen LogP contribution is 2.31. The molecule has 0 aromatic heterocycles. The Balaban J connectivity index is 0.00000512. The summed E-state index contributed by atoms with van der Waals surface area (Å²) in [6.07, 6.45) is 0.848. The van der Waals surface area contributed by atoms with Gasteiger partial charge in [-0.3, -0.25) is 4.99 Å². The molecule has 2 N–H and O–H groups in total. The zero-order chi connectivity index (χ0) is 22.6. The van der Waals surface area contributed by atoms with Crippen LogP contribution in [-0.4, -0.2) is 65.9 Å². The molecular weight excluding hydrogens is 519 g/mol. The normalized spacial score (nSPS) is 12.0. The Morgan fingerprint density at radius 1 is 0.938 bits per heavy atom. The fraction of sp³-hybridized carbons (Fsp3) is 0.458. The lowest BCUT2D eigenvalue weighted by atomic mass is 10.1. The molecule has 2 aromatic rings. The summed E-state index contributed by atoms with van der Waals surface area (Å²) in [4.78, 5) is 6.99. The Kier molecular flexibility index (Phi) is 12.9. The van der Waals surface area contributed by atoms with Crippen LogP contribution in [0.3, 0.4) is 0 Å². The first-order valence-corrected chi connectivity index (χ1v) is 10.6. The Bertz CT molecular complexity index is 846. The van der Waals surface area contributed by atoms with Crippen molar-refractivity contribution >= 4 is 29.9 Å². The lowest BCUT2D eigenvalue weighted by Gasteiger charge is -2.24. The third-order valence-corrected chi connectivity index (χ3v) is 5.06. The van der Waals surface area contributed by atoms with E-state index in [0.29, 0.717) is 6.54 Å². The summed E-state index contributed by atoms with van der Waals surface area (Å²) in [6, 6.07) is 14.2. The molecule has 32 heavy (non-hydrogen) atoms. The van der Waals surface area contributed by atoms with Gasteiger partial charge in [0.1, 0.15) is 5.75 Å². The second-order valence-corrected chi connectivity index (χ2v) is 7.30. The van der Waals surface area contributed by atoms with E-state index in [1.165, 1.54) is 5.56 Å². The minimum atomic E-state index is 0. The maximum absolute atomic E-state index is 5.47. The highest BCUT2D eigenvalue weighted by Gasteiger charge is 2.17. The van der Waals surface area contributed by atoms with Gasteiger partial charge >= 0.3 is 0 Å². The second kappa shape index (κ2) is 14.8. The molecule has 0 fully saturated rings. The topological polar surface area (TPSA) is 67.4 Å². The highest BCUT2D eigenvalue weighted by molar-refractivity contribution is 14.0. The van der Waals surface area contributed by atoms with Crippen molar-refractivity contribution in [2.24, 2.45) is 4.99 Å². The van der Waals surface area contributed by atoms with E-state index in [-0.39, 0.29) is 30.0 Å². The Labute approximate surface area is 209 Å². The molecule has 0 aliphatic rings. The highest BCUT2D eigenvalue weighted by atomic mass is 127. The van der Waals surface area contributed by atoms with Gasteiger partial charge in [0.2, 0.25) is 0 Å². The van der Waals surface area contributed by atoms with Gasteiger partial charge < -0.3 is 29.7 Å². The smallest absolute Gasteiger partial charge is 0.191 e. The minimum Gasteiger partial charge on any atom is -0.496 e. The third kappa shape index (κ3) is 8.05. The van der Waals surface area contributed by atoms with Crippen molar-refractivity contribution < 1.29 is 14.2 Å². The lowest BCUT2D eigenvalue weighted by Crippen LogP contribution is -2.39. The van der Waals surface area contributed by atoms with Crippen molar-refractivity contribution in [3.63, 3.8) is 0 Å². The molecule has 0 radical (unpaired) electrons. The van der Waals surface area contributed by atoms with Crippen LogP contribution in [0.1, 0.15) is 24.1 Å². The number of methoxy groups -OCH3 is 3. The van der Waals surface area contributed by atoms with E-state index in [1.54, 1.807) is 21.3 Å². The fourth-order valence-corrected chi connectivity index (χ4v) is 3.37. The number of para-hydroxylation sites is 1. The quantitative estimate of drug-likeness (QED) is 0.250. The van der Waals surface area contributed by atoms with Crippen LogP contribution in [0, 0.1) is 0 Å². The van der Waals surface area contributed by atoms with E-state index in [0.717, 1.165) is 48.3 Å². The summed E-state index contributed by atoms with van der Waals surface area (Å²) < 4.78 is 16.3. The fourth-order valence-electron chi connectivity index (χ4n) is 3.37. The number of guanidine groups is 1. The van der Waals surface area contributed by atoms with Gasteiger partial charge in [0.25, 0.3) is 0 Å². The van der Waals surface area contributed by atoms with Gasteiger partial charge in [-0.2, -0.15) is 0 Å². The predicted molar refractivity (Wildman–Crippen MR) is 142 cm³/mol. The minimum absolute atomic E-state index is 0. The molecule has 0 aliphatic carbocycles. The van der Waals surface area contributed by atoms with Crippen molar-refractivity contribution in [2.45, 2.75) is 19.4 Å². The Hall–Kier alpha value is -2.20. The Morgan fingerprint density at radius 2 is 1.62 bits per heavy atom. The average Bonchev–Trinajstić information content (AvgIpc) is 2.79. The number of rotatable bonds is 11. The molecule has 7 nitrogen and oxygen atoms in total. The number of aliphatic imine (C=N–C) groups is 1. The largest absolute Gasteiger partial charge is 0.496 e. The molecule has 0 saturated heterocycles. The van der Waals surface area contributed by atoms with Crippen LogP contribution in [0.4, 0.5) is 0 Å². The first-order chi connectivity index (χ1) is 15.0. The summed E-state index contributed by atoms with van der Waals surface area (Å²) in [7, 11) is 9.11. The van der Waals surface area contributed by atoms with E-state index in [1.807, 2.05) is 30.3 Å². The van der Waals surface area contributed by atoms with E-state index in [9.17, 15) is 0 Å². The number of nitrogens with zero attached hydrogens (tertiary/aromatic N) is 2. The van der Waals surface area contributed by atoms with Crippen molar-refractivity contribution in [3.05, 3.63) is 53.6 Å². The van der Waals surface area contributed by atoms with Gasteiger partial charge in [0, 0.05) is 13.1 Å². The number of hydrogen-bond acceptors (Lipinski definition) is 5. The van der Waals surface area contributed by atoms with Gasteiger partial charge in [-0.1, -0.05) is 24.3 Å². The maximum Gasteiger partial charge on any atom is 0.191 e. The van der Waals surface area contributed by atoms with Gasteiger partial charge in [-0.25, -0.2) is 0 Å². The molecule has 2 aromatic carbocycles. The van der Waals surface area contributed by atoms with Crippen LogP contribution in [0.25, 0.3) is 0 Å². The van der Waals surface area contributed by atoms with Gasteiger partial charge in [-0.05, 0) is 56.8 Å². The van der Waals surface area contributed by atoms with E-state index in [4.69, 9.17) is 19.2 Å². The van der Waals surface area contributed by atoms with Crippen LogP contribution in [0.15, 0.2) is 47.5 Å². The zero-order valence-corrected chi connectivity index (χ0v) is 22.3. The first kappa shape index (κ1) is 27.8. The van der Waals surface area contributed by atoms with Crippen molar-refractivity contribution in [3.8, 4) is 17.2 Å². The maximum atomic E-state index is 5.47. The SMILES string of the molecule is CCNC(=NCC(c1ccc(OC)c(OC)c1)N(C)C)NCCc1ccccc1OC.I. The summed E-state index contributed by atoms with van der Waals surface area (Å²) in [5, 5.41) is 6.76. The molecule has 178 valence electrons. The molecule has 0 aliphatic heterocycles. The van der Waals surface area contributed by atoms with E-state index >= 15 is 0 Å². The molecule has 0 amide bonds. The Morgan fingerprint density at radius 3 is 2.25 bits per heavy atom. The summed E-state index contributed by atoms with van der Waals surface area (Å²) >= 11 is 0. The van der Waals surface area contributed by atoms with Crippen molar-refractivity contribution in [1.29, 1.82) is 0 Å². The molecular formula is C24H37IN4O3. The standard InChI is InChI=1S/C24H36N4O3.HI/c1-7-25-24(26-15-14-18-10-8-9-11-21(18)29-4)27-17-20(28(2)3)19-12-13-22(30-5)23(16-19)31-6;/h8-13,16,20H,7,14-15,17H2,1-6H3,(H2,25,26,27);1H. The summed E-state index contributed by atoms with van der Waals surface area (Å²) in [5.41, 5.74) is 2.29. The molecule has 2 rings (SSSR count). The molecule has 0 saturated carbocycles. The molecule has 1 unspecified atom stereocenters. The van der Waals surface area contributed by atoms with Gasteiger partial charge in [0.05, 0.1) is 33.9 Å². The molecule has 0 bridgehead atoms. The third-order valence-electron chi connectivity index (χ3n) is 5.06. The van der Waals surface area contributed by atoms with Crippen LogP contribution in [0.2, 0.25) is 0 Å². The van der Waals surface area contributed by atoms with Gasteiger partial charge in [-0.15, -0.1) is 24.0 Å². The van der Waals surface area contributed by atoms with Gasteiger partial charge in [0.15, 0.2) is 17.5 Å². The number of hydrogen-bond donors (Lipinski definition) is 2. The second-order valence-electron chi connectivity index (χ2n) is 7.30. The van der Waals surface area contributed by atoms with Crippen LogP contribution in [-0.2, 0) is 6.42 Å². The zero-order valence-electron chi connectivity index (χ0n) is 20.0. The molecule has 8 heteroatoms. The summed E-state index contributed by atoms with van der Waals surface area (Å²) in [5.74, 6) is 3.15.